The molecule has 7 rings (SSSR count). The number of nitrogens with one attached hydrogen (secondary N) is 1. The van der Waals surface area contributed by atoms with Gasteiger partial charge in [-0.3, -0.25) is 9.36 Å². The molecule has 0 spiro atoms. The number of hydrogen-bond acceptors (Lipinski definition) is 6. The molecule has 4 heterocycles. The Morgan fingerprint density at radius 3 is 2.73 bits per heavy atom. The fourth-order valence-electron chi connectivity index (χ4n) is 7.50. The fourth-order valence-corrected chi connectivity index (χ4v) is 8.69. The highest BCUT2D eigenvalue weighted by Gasteiger charge is 2.28. The van der Waals surface area contributed by atoms with Crippen molar-refractivity contribution < 1.29 is 19.0 Å². The zero-order valence-electron chi connectivity index (χ0n) is 29.4. The summed E-state index contributed by atoms with van der Waals surface area (Å²) in [6.45, 7) is 6.20. The van der Waals surface area contributed by atoms with Gasteiger partial charge in [0.25, 0.3) is 0 Å². The maximum absolute atomic E-state index is 14.4. The van der Waals surface area contributed by atoms with E-state index in [0.29, 0.717) is 54.8 Å². The summed E-state index contributed by atoms with van der Waals surface area (Å²) in [4.78, 5) is 13.0. The second-order valence-electron chi connectivity index (χ2n) is 13.1. The first-order valence-corrected chi connectivity index (χ1v) is 18.9. The number of hydrogen-bond donors (Lipinski definition) is 2. The molecule has 0 saturated carbocycles. The highest BCUT2D eigenvalue weighted by Crippen LogP contribution is 2.44. The van der Waals surface area contributed by atoms with E-state index in [4.69, 9.17) is 26.5 Å². The predicted octanol–water partition coefficient (Wildman–Crippen LogP) is 7.97. The summed E-state index contributed by atoms with van der Waals surface area (Å²) < 4.78 is 26.7. The van der Waals surface area contributed by atoms with Crippen LogP contribution in [-0.4, -0.2) is 55.4 Å². The molecule has 3 aromatic carbocycles. The van der Waals surface area contributed by atoms with E-state index in [-0.39, 0.29) is 11.5 Å². The monoisotopic (exact) mass is 728 g/mol. The molecule has 1 aliphatic rings. The first-order chi connectivity index (χ1) is 24.7. The van der Waals surface area contributed by atoms with Crippen LogP contribution in [-0.2, 0) is 50.9 Å². The van der Waals surface area contributed by atoms with E-state index in [1.54, 1.807) is 23.9 Å². The Morgan fingerprint density at radius 1 is 1.10 bits per heavy atom. The molecule has 8 bridgehead atoms. The maximum atomic E-state index is 14.4. The number of ether oxygens (including phenoxy) is 1. The zero-order chi connectivity index (χ0) is 35.8. The van der Waals surface area contributed by atoms with Crippen molar-refractivity contribution in [3.63, 3.8) is 0 Å². The van der Waals surface area contributed by atoms with Crippen LogP contribution < -0.4 is 10.1 Å². The minimum atomic E-state index is -0.979. The van der Waals surface area contributed by atoms with Crippen LogP contribution in [0.1, 0.15) is 57.7 Å². The molecule has 0 radical (unpaired) electrons. The van der Waals surface area contributed by atoms with Crippen LogP contribution in [0, 0.1) is 12.7 Å². The van der Waals surface area contributed by atoms with Crippen LogP contribution in [0.2, 0.25) is 5.02 Å². The van der Waals surface area contributed by atoms with Crippen LogP contribution in [0.5, 0.6) is 5.75 Å². The van der Waals surface area contributed by atoms with E-state index in [9.17, 15) is 14.3 Å². The third-order valence-electron chi connectivity index (χ3n) is 9.80. The summed E-state index contributed by atoms with van der Waals surface area (Å²) >= 11 is 8.89. The van der Waals surface area contributed by atoms with Crippen molar-refractivity contribution in [3.05, 3.63) is 99.0 Å². The summed E-state index contributed by atoms with van der Waals surface area (Å²) in [5.41, 5.74) is 8.68. The van der Waals surface area contributed by atoms with Crippen molar-refractivity contribution in [2.45, 2.75) is 64.1 Å². The Balaban J connectivity index is 1.39. The molecule has 0 atom stereocenters. The molecule has 266 valence electrons. The Hall–Kier alpha value is -4.32. The number of benzene rings is 3. The molecule has 0 aliphatic carbocycles. The van der Waals surface area contributed by atoms with Gasteiger partial charge in [-0.25, -0.2) is 9.18 Å². The molecular formula is C39H42ClFN6O3S. The highest BCUT2D eigenvalue weighted by atomic mass is 35.5. The highest BCUT2D eigenvalue weighted by molar-refractivity contribution is 7.97. The quantitative estimate of drug-likeness (QED) is 0.186. The fraction of sp³-hybridized carbons (Fsp3) is 0.359. The molecule has 6 aromatic rings. The number of likely N-dealkylation sites (N-methyl/N-ethyl adjacent to an activating group) is 1. The Bertz CT molecular complexity index is 2270. The molecular weight excluding hydrogens is 687 g/mol. The number of aromatic carboxylic acids is 1. The number of carboxylic acid groups (broad SMARTS) is 1. The number of nitrogens with zero attached hydrogens (tertiary/aromatic N) is 5. The summed E-state index contributed by atoms with van der Waals surface area (Å²) in [7, 11) is 3.91. The average molecular weight is 729 g/mol. The first-order valence-electron chi connectivity index (χ1n) is 17.4. The van der Waals surface area contributed by atoms with Gasteiger partial charge >= 0.3 is 5.97 Å². The van der Waals surface area contributed by atoms with Gasteiger partial charge in [0.1, 0.15) is 17.3 Å². The molecule has 3 aromatic heterocycles. The van der Waals surface area contributed by atoms with E-state index in [0.717, 1.165) is 86.1 Å². The Kier molecular flexibility index (Phi) is 10.1. The largest absolute Gasteiger partial charge is 0.493 e. The Labute approximate surface area is 305 Å². The van der Waals surface area contributed by atoms with Crippen LogP contribution in [0.15, 0.2) is 48.5 Å². The lowest BCUT2D eigenvalue weighted by Gasteiger charge is -2.14. The summed E-state index contributed by atoms with van der Waals surface area (Å²) in [6.07, 6.45) is 2.58. The molecule has 51 heavy (non-hydrogen) atoms. The average Bonchev–Trinajstić information content (AvgIpc) is 3.73. The van der Waals surface area contributed by atoms with Gasteiger partial charge < -0.3 is 19.7 Å². The van der Waals surface area contributed by atoms with E-state index in [1.807, 2.05) is 61.5 Å². The topological polar surface area (TPSA) is 99.1 Å². The summed E-state index contributed by atoms with van der Waals surface area (Å²) in [5, 5.41) is 26.8. The normalized spacial score (nSPS) is 14.1. The minimum Gasteiger partial charge on any atom is -0.493 e. The van der Waals surface area contributed by atoms with Gasteiger partial charge in [0.05, 0.1) is 30.2 Å². The van der Waals surface area contributed by atoms with Gasteiger partial charge in [-0.2, -0.15) is 10.2 Å². The minimum absolute atomic E-state index is 0.267. The standard InChI is InChI=1S/C39H42ClFN6O3S/c1-5-29-36-32-12-11-31(40)37(36)35-23(2)43-47(15-13-42-3)33(35)22-51-21-27-20-28(45(4)44-27)9-7-24-17-25-19-26(41)8-10-30(25)34(18-24)50-16-6-14-46(32)38(29)39(48)49/h8,10-12,17-20,42H,5-7,9,13-16,21-22H2,1-4H3,(H,48,49). The second kappa shape index (κ2) is 14.7. The van der Waals surface area contributed by atoms with Crippen molar-refractivity contribution >= 4 is 51.0 Å². The predicted molar refractivity (Wildman–Crippen MR) is 203 cm³/mol. The van der Waals surface area contributed by atoms with Gasteiger partial charge in [-0.05, 0) is 98.6 Å². The van der Waals surface area contributed by atoms with E-state index >= 15 is 0 Å². The van der Waals surface area contributed by atoms with E-state index in [1.165, 1.54) is 6.07 Å². The number of aromatic nitrogens is 5. The van der Waals surface area contributed by atoms with Crippen molar-refractivity contribution in [2.24, 2.45) is 7.05 Å². The van der Waals surface area contributed by atoms with Crippen LogP contribution >= 0.6 is 23.4 Å². The van der Waals surface area contributed by atoms with Crippen molar-refractivity contribution in [1.29, 1.82) is 0 Å². The van der Waals surface area contributed by atoms with Gasteiger partial charge in [-0.1, -0.05) is 24.6 Å². The summed E-state index contributed by atoms with van der Waals surface area (Å²) in [6, 6.07) is 14.8. The van der Waals surface area contributed by atoms with Crippen LogP contribution in [0.25, 0.3) is 32.8 Å². The first kappa shape index (κ1) is 35.1. The number of halogens is 2. The number of carbonyl (C=O) groups is 1. The molecule has 0 amide bonds. The SMILES string of the molecule is CCc1c(C(=O)O)n2c3ccc(Cl)c(c13)-c1c(C)nn(CCNC)c1CSCc1cc(n(C)n1)CCc1cc(c3ccc(F)cc3c1)OCCC2. The molecule has 0 unspecified atom stereocenters. The second-order valence-corrected chi connectivity index (χ2v) is 14.5. The number of fused-ring (bicyclic) bond motifs is 8. The number of carboxylic acids is 1. The van der Waals surface area contributed by atoms with Gasteiger partial charge in [0.2, 0.25) is 0 Å². The number of rotatable bonds is 5. The van der Waals surface area contributed by atoms with Crippen LogP contribution in [0.4, 0.5) is 4.39 Å². The lowest BCUT2D eigenvalue weighted by atomic mass is 9.95. The molecule has 0 fully saturated rings. The maximum Gasteiger partial charge on any atom is 0.352 e. The van der Waals surface area contributed by atoms with Gasteiger partial charge in [0.15, 0.2) is 0 Å². The Morgan fingerprint density at radius 2 is 1.94 bits per heavy atom. The van der Waals surface area contributed by atoms with Crippen molar-refractivity contribution in [3.8, 4) is 16.9 Å². The molecule has 0 saturated heterocycles. The van der Waals surface area contributed by atoms with Gasteiger partial charge in [-0.15, -0.1) is 11.8 Å². The van der Waals surface area contributed by atoms with Crippen molar-refractivity contribution in [2.75, 3.05) is 20.2 Å². The molecule has 2 N–H and O–H groups in total. The smallest absolute Gasteiger partial charge is 0.352 e. The third-order valence-corrected chi connectivity index (χ3v) is 11.1. The molecule has 12 heteroatoms. The lowest BCUT2D eigenvalue weighted by molar-refractivity contribution is 0.0684. The number of thioether (sulfide) groups is 1. The molecule has 1 aliphatic heterocycles. The van der Waals surface area contributed by atoms with E-state index < -0.39 is 5.97 Å². The lowest BCUT2D eigenvalue weighted by Crippen LogP contribution is -2.17. The zero-order valence-corrected chi connectivity index (χ0v) is 30.9. The van der Waals surface area contributed by atoms with Crippen molar-refractivity contribution in [1.82, 2.24) is 29.4 Å². The van der Waals surface area contributed by atoms with Gasteiger partial charge in [0, 0.05) is 69.8 Å². The molecule has 9 nitrogen and oxygen atoms in total. The summed E-state index contributed by atoms with van der Waals surface area (Å²) in [5.74, 6) is 0.783. The third kappa shape index (κ3) is 6.74. The number of aryl methyl sites for hydroxylation is 6. The van der Waals surface area contributed by atoms with Crippen LogP contribution in [0.3, 0.4) is 0 Å². The van der Waals surface area contributed by atoms with E-state index in [2.05, 4.69) is 16.1 Å².